The topological polar surface area (TPSA) is 84.9 Å². The Labute approximate surface area is 154 Å². The third-order valence-corrected chi connectivity index (χ3v) is 6.35. The van der Waals surface area contributed by atoms with Crippen molar-refractivity contribution < 1.29 is 22.7 Å². The van der Waals surface area contributed by atoms with E-state index in [0.717, 1.165) is 25.7 Å². The van der Waals surface area contributed by atoms with Crippen molar-refractivity contribution in [2.75, 3.05) is 26.3 Å². The summed E-state index contributed by atoms with van der Waals surface area (Å²) >= 11 is 0. The van der Waals surface area contributed by atoms with Crippen molar-refractivity contribution in [3.8, 4) is 11.5 Å². The highest BCUT2D eigenvalue weighted by Gasteiger charge is 2.24. The van der Waals surface area contributed by atoms with Crippen LogP contribution in [0, 0.1) is 0 Å². The maximum absolute atomic E-state index is 12.5. The summed E-state index contributed by atoms with van der Waals surface area (Å²) in [5, 5.41) is 0. The molecule has 0 radical (unpaired) electrons. The van der Waals surface area contributed by atoms with E-state index in [1.165, 1.54) is 18.6 Å². The molecule has 144 valence electrons. The molecule has 1 aromatic rings. The molecule has 1 N–H and O–H groups in total. The molecule has 1 heterocycles. The number of fused-ring (bicyclic) bond motifs is 1. The maximum Gasteiger partial charge on any atom is 0.240 e. The van der Waals surface area contributed by atoms with Crippen LogP contribution in [-0.2, 0) is 14.8 Å². The van der Waals surface area contributed by atoms with Gasteiger partial charge in [0.2, 0.25) is 15.9 Å². The molecule has 0 spiro atoms. The molecule has 0 saturated heterocycles. The molecule has 1 aliphatic heterocycles. The smallest absolute Gasteiger partial charge is 0.240 e. The summed E-state index contributed by atoms with van der Waals surface area (Å²) in [4.78, 5) is 13.9. The molecule has 8 heteroatoms. The molecule has 7 nitrogen and oxygen atoms in total. The summed E-state index contributed by atoms with van der Waals surface area (Å²) in [5.41, 5.74) is 0. The van der Waals surface area contributed by atoms with Crippen molar-refractivity contribution in [2.24, 2.45) is 0 Å². The Kier molecular flexibility index (Phi) is 6.03. The van der Waals surface area contributed by atoms with E-state index in [4.69, 9.17) is 9.47 Å². The number of rotatable bonds is 6. The van der Waals surface area contributed by atoms with Crippen LogP contribution >= 0.6 is 0 Å². The van der Waals surface area contributed by atoms with Gasteiger partial charge in [-0.25, -0.2) is 13.1 Å². The van der Waals surface area contributed by atoms with E-state index in [9.17, 15) is 13.2 Å². The minimum atomic E-state index is -3.67. The molecule has 0 bridgehead atoms. The van der Waals surface area contributed by atoms with Crippen LogP contribution in [-0.4, -0.2) is 51.6 Å². The summed E-state index contributed by atoms with van der Waals surface area (Å²) in [6.45, 7) is 2.97. The molecular formula is C18H26N2O5S. The first-order valence-electron chi connectivity index (χ1n) is 9.14. The van der Waals surface area contributed by atoms with Gasteiger partial charge in [0, 0.05) is 32.1 Å². The van der Waals surface area contributed by atoms with Crippen LogP contribution in [0.1, 0.15) is 39.0 Å². The standard InChI is InChI=1S/C18H26N2O5S/c1-14(21)20(15-5-3-2-4-6-15)10-9-19-26(22,23)16-7-8-17-18(13-16)25-12-11-24-17/h7-8,13,15,19H,2-6,9-12H2,1H3. The summed E-state index contributed by atoms with van der Waals surface area (Å²) in [6.07, 6.45) is 5.44. The number of nitrogens with zero attached hydrogens (tertiary/aromatic N) is 1. The second-order valence-corrected chi connectivity index (χ2v) is 8.47. The van der Waals surface area contributed by atoms with Crippen molar-refractivity contribution >= 4 is 15.9 Å². The van der Waals surface area contributed by atoms with Crippen LogP contribution < -0.4 is 14.2 Å². The molecule has 1 fully saturated rings. The maximum atomic E-state index is 12.5. The molecule has 26 heavy (non-hydrogen) atoms. The number of carbonyl (C=O) groups excluding carboxylic acids is 1. The first-order chi connectivity index (χ1) is 12.5. The second-order valence-electron chi connectivity index (χ2n) is 6.71. The van der Waals surface area contributed by atoms with Crippen molar-refractivity contribution in [1.82, 2.24) is 9.62 Å². The molecule has 1 saturated carbocycles. The molecule has 1 aromatic carbocycles. The van der Waals surface area contributed by atoms with Crippen molar-refractivity contribution in [3.05, 3.63) is 18.2 Å². The van der Waals surface area contributed by atoms with Gasteiger partial charge in [-0.05, 0) is 25.0 Å². The van der Waals surface area contributed by atoms with Crippen molar-refractivity contribution in [2.45, 2.75) is 50.0 Å². The van der Waals surface area contributed by atoms with Gasteiger partial charge in [-0.15, -0.1) is 0 Å². The highest BCUT2D eigenvalue weighted by molar-refractivity contribution is 7.89. The highest BCUT2D eigenvalue weighted by Crippen LogP contribution is 2.32. The molecule has 0 aromatic heterocycles. The zero-order valence-corrected chi connectivity index (χ0v) is 15.9. The molecule has 0 atom stereocenters. The van der Waals surface area contributed by atoms with Gasteiger partial charge in [0.15, 0.2) is 11.5 Å². The molecular weight excluding hydrogens is 356 g/mol. The van der Waals surface area contributed by atoms with Crippen LogP contribution in [0.3, 0.4) is 0 Å². The monoisotopic (exact) mass is 382 g/mol. The Balaban J connectivity index is 1.61. The number of carbonyl (C=O) groups is 1. The van der Waals surface area contributed by atoms with E-state index in [1.807, 2.05) is 0 Å². The summed E-state index contributed by atoms with van der Waals surface area (Å²) in [5.74, 6) is 0.984. The Morgan fingerprint density at radius 3 is 2.54 bits per heavy atom. The molecule has 3 rings (SSSR count). The molecule has 2 aliphatic rings. The number of hydrogen-bond acceptors (Lipinski definition) is 5. The van der Waals surface area contributed by atoms with Gasteiger partial charge in [-0.1, -0.05) is 19.3 Å². The lowest BCUT2D eigenvalue weighted by molar-refractivity contribution is -0.131. The van der Waals surface area contributed by atoms with Crippen LogP contribution in [0.25, 0.3) is 0 Å². The second kappa shape index (κ2) is 8.26. The van der Waals surface area contributed by atoms with E-state index in [1.54, 1.807) is 17.9 Å². The number of amides is 1. The normalized spacial score (nSPS) is 17.7. The average Bonchev–Trinajstić information content (AvgIpc) is 2.65. The van der Waals surface area contributed by atoms with Gasteiger partial charge in [0.1, 0.15) is 13.2 Å². The first-order valence-corrected chi connectivity index (χ1v) is 10.6. The van der Waals surface area contributed by atoms with Crippen molar-refractivity contribution in [3.63, 3.8) is 0 Å². The molecule has 1 aliphatic carbocycles. The number of hydrogen-bond donors (Lipinski definition) is 1. The van der Waals surface area contributed by atoms with Gasteiger partial charge >= 0.3 is 0 Å². The van der Waals surface area contributed by atoms with Gasteiger partial charge in [-0.2, -0.15) is 0 Å². The fourth-order valence-electron chi connectivity index (χ4n) is 3.56. The average molecular weight is 382 g/mol. The van der Waals surface area contributed by atoms with Crippen LogP contribution in [0.4, 0.5) is 0 Å². The van der Waals surface area contributed by atoms with Crippen LogP contribution in [0.2, 0.25) is 0 Å². The van der Waals surface area contributed by atoms with Gasteiger partial charge in [0.25, 0.3) is 0 Å². The Bertz CT molecular complexity index is 744. The van der Waals surface area contributed by atoms with Gasteiger partial charge in [-0.3, -0.25) is 4.79 Å². The Hall–Kier alpha value is -1.80. The summed E-state index contributed by atoms with van der Waals surface area (Å²) in [7, 11) is -3.67. The largest absolute Gasteiger partial charge is 0.486 e. The highest BCUT2D eigenvalue weighted by atomic mass is 32.2. The van der Waals surface area contributed by atoms with Crippen molar-refractivity contribution in [1.29, 1.82) is 0 Å². The third kappa shape index (κ3) is 4.48. The van der Waals surface area contributed by atoms with Gasteiger partial charge in [0.05, 0.1) is 4.90 Å². The third-order valence-electron chi connectivity index (χ3n) is 4.89. The lowest BCUT2D eigenvalue weighted by Gasteiger charge is -2.33. The SMILES string of the molecule is CC(=O)N(CCNS(=O)(=O)c1ccc2c(c1)OCCO2)C1CCCCC1. The molecule has 1 amide bonds. The summed E-state index contributed by atoms with van der Waals surface area (Å²) in [6, 6.07) is 4.80. The lowest BCUT2D eigenvalue weighted by atomic mass is 9.94. The molecule has 0 unspecified atom stereocenters. The Morgan fingerprint density at radius 2 is 1.85 bits per heavy atom. The zero-order valence-electron chi connectivity index (χ0n) is 15.1. The predicted molar refractivity (Wildman–Crippen MR) is 96.9 cm³/mol. The van der Waals surface area contributed by atoms with E-state index < -0.39 is 10.0 Å². The number of nitrogens with one attached hydrogen (secondary N) is 1. The number of sulfonamides is 1. The minimum Gasteiger partial charge on any atom is -0.486 e. The van der Waals surface area contributed by atoms with Crippen LogP contribution in [0.15, 0.2) is 23.1 Å². The van der Waals surface area contributed by atoms with E-state index in [0.29, 0.717) is 31.3 Å². The summed E-state index contributed by atoms with van der Waals surface area (Å²) < 4.78 is 38.5. The van der Waals surface area contributed by atoms with E-state index in [2.05, 4.69) is 4.72 Å². The fourth-order valence-corrected chi connectivity index (χ4v) is 4.60. The van der Waals surface area contributed by atoms with E-state index >= 15 is 0 Å². The number of ether oxygens (including phenoxy) is 2. The minimum absolute atomic E-state index is 0.00423. The number of benzene rings is 1. The van der Waals surface area contributed by atoms with Gasteiger partial charge < -0.3 is 14.4 Å². The quantitative estimate of drug-likeness (QED) is 0.812. The first kappa shape index (κ1) is 19.0. The lowest BCUT2D eigenvalue weighted by Crippen LogP contribution is -2.44. The predicted octanol–water partition coefficient (Wildman–Crippen LogP) is 1.92. The zero-order chi connectivity index (χ0) is 18.6. The van der Waals surface area contributed by atoms with Crippen LogP contribution in [0.5, 0.6) is 11.5 Å². The Morgan fingerprint density at radius 1 is 1.15 bits per heavy atom. The van der Waals surface area contributed by atoms with E-state index in [-0.39, 0.29) is 23.4 Å². The fraction of sp³-hybridized carbons (Fsp3) is 0.611.